The highest BCUT2D eigenvalue weighted by atomic mass is 32.2. The Bertz CT molecular complexity index is 323. The average Bonchev–Trinajstić information content (AvgIpc) is 2.38. The van der Waals surface area contributed by atoms with Crippen LogP contribution in [0, 0.1) is 0 Å². The van der Waals surface area contributed by atoms with Gasteiger partial charge in [0.1, 0.15) is 0 Å². The predicted molar refractivity (Wildman–Crippen MR) is 69.6 cm³/mol. The predicted octanol–water partition coefficient (Wildman–Crippen LogP) is 2.16. The monoisotopic (exact) mass is 237 g/mol. The van der Waals surface area contributed by atoms with Crippen molar-refractivity contribution in [2.45, 2.75) is 32.0 Å². The van der Waals surface area contributed by atoms with E-state index >= 15 is 0 Å². The van der Waals surface area contributed by atoms with E-state index in [0.717, 1.165) is 12.1 Å². The minimum atomic E-state index is 0.132. The first kappa shape index (κ1) is 12.0. The number of benzene rings is 1. The van der Waals surface area contributed by atoms with Crippen LogP contribution in [0.3, 0.4) is 0 Å². The van der Waals surface area contributed by atoms with Crippen LogP contribution in [-0.4, -0.2) is 22.7 Å². The summed E-state index contributed by atoms with van der Waals surface area (Å²) < 4.78 is 0. The largest absolute Gasteiger partial charge is 0.392 e. The van der Waals surface area contributed by atoms with E-state index in [0.29, 0.717) is 6.04 Å². The van der Waals surface area contributed by atoms with Crippen LogP contribution in [0.15, 0.2) is 24.3 Å². The quantitative estimate of drug-likeness (QED) is 0.842. The van der Waals surface area contributed by atoms with Crippen molar-refractivity contribution < 1.29 is 5.11 Å². The fourth-order valence-corrected chi connectivity index (χ4v) is 3.11. The van der Waals surface area contributed by atoms with Gasteiger partial charge in [0.05, 0.1) is 6.61 Å². The van der Waals surface area contributed by atoms with Gasteiger partial charge in [-0.2, -0.15) is 11.8 Å². The minimum absolute atomic E-state index is 0.132. The lowest BCUT2D eigenvalue weighted by atomic mass is 10.1. The fraction of sp³-hybridized carbons (Fsp3) is 0.538. The zero-order valence-corrected chi connectivity index (χ0v) is 10.3. The van der Waals surface area contributed by atoms with E-state index < -0.39 is 0 Å². The van der Waals surface area contributed by atoms with Gasteiger partial charge in [-0.05, 0) is 29.7 Å². The second-order valence-electron chi connectivity index (χ2n) is 4.27. The Kier molecular flexibility index (Phi) is 4.69. The van der Waals surface area contributed by atoms with E-state index in [1.807, 2.05) is 23.9 Å². The summed E-state index contributed by atoms with van der Waals surface area (Å²) in [5.41, 5.74) is 2.26. The number of hydrogen-bond acceptors (Lipinski definition) is 3. The van der Waals surface area contributed by atoms with Crippen LogP contribution in [0.2, 0.25) is 0 Å². The molecule has 1 aromatic rings. The standard InChI is InChI=1S/C13H19NOS/c15-9-12-4-1-3-11(7-12)8-14-13-5-2-6-16-10-13/h1,3-4,7,13-15H,2,5-6,8-10H2. The first-order valence-electron chi connectivity index (χ1n) is 5.88. The maximum Gasteiger partial charge on any atom is 0.0681 e. The molecule has 16 heavy (non-hydrogen) atoms. The number of aliphatic hydroxyl groups excluding tert-OH is 1. The van der Waals surface area contributed by atoms with E-state index in [2.05, 4.69) is 17.4 Å². The molecule has 1 atom stereocenters. The van der Waals surface area contributed by atoms with Crippen LogP contribution in [-0.2, 0) is 13.2 Å². The molecule has 0 radical (unpaired) electrons. The Labute approximate surface area is 101 Å². The molecule has 0 aliphatic carbocycles. The van der Waals surface area contributed by atoms with Crippen LogP contribution in [0.1, 0.15) is 24.0 Å². The normalized spacial score (nSPS) is 20.9. The van der Waals surface area contributed by atoms with Gasteiger partial charge in [-0.1, -0.05) is 24.3 Å². The Balaban J connectivity index is 1.83. The molecule has 1 aromatic carbocycles. The third-order valence-corrected chi connectivity index (χ3v) is 4.14. The van der Waals surface area contributed by atoms with E-state index in [9.17, 15) is 0 Å². The maximum absolute atomic E-state index is 9.06. The lowest BCUT2D eigenvalue weighted by Crippen LogP contribution is -2.33. The van der Waals surface area contributed by atoms with E-state index in [1.165, 1.54) is 29.9 Å². The van der Waals surface area contributed by atoms with Gasteiger partial charge < -0.3 is 10.4 Å². The third-order valence-electron chi connectivity index (χ3n) is 2.93. The molecule has 1 heterocycles. The van der Waals surface area contributed by atoms with Crippen LogP contribution in [0.5, 0.6) is 0 Å². The van der Waals surface area contributed by atoms with Crippen molar-refractivity contribution in [3.05, 3.63) is 35.4 Å². The molecule has 1 aliphatic rings. The first-order valence-corrected chi connectivity index (χ1v) is 7.04. The molecule has 0 amide bonds. The Morgan fingerprint density at radius 1 is 1.38 bits per heavy atom. The number of thioether (sulfide) groups is 1. The molecule has 88 valence electrons. The molecule has 2 rings (SSSR count). The average molecular weight is 237 g/mol. The minimum Gasteiger partial charge on any atom is -0.392 e. The van der Waals surface area contributed by atoms with Crippen molar-refractivity contribution in [2.24, 2.45) is 0 Å². The second kappa shape index (κ2) is 6.28. The van der Waals surface area contributed by atoms with Gasteiger partial charge in [0, 0.05) is 18.3 Å². The zero-order valence-electron chi connectivity index (χ0n) is 9.48. The van der Waals surface area contributed by atoms with Gasteiger partial charge in [0.15, 0.2) is 0 Å². The number of hydrogen-bond donors (Lipinski definition) is 2. The summed E-state index contributed by atoms with van der Waals surface area (Å²) in [7, 11) is 0. The van der Waals surface area contributed by atoms with Crippen molar-refractivity contribution >= 4 is 11.8 Å². The Morgan fingerprint density at radius 3 is 3.00 bits per heavy atom. The summed E-state index contributed by atoms with van der Waals surface area (Å²) in [4.78, 5) is 0. The number of aliphatic hydroxyl groups is 1. The van der Waals surface area contributed by atoms with Crippen molar-refractivity contribution in [1.82, 2.24) is 5.32 Å². The fourth-order valence-electron chi connectivity index (χ4n) is 2.00. The highest BCUT2D eigenvalue weighted by Crippen LogP contribution is 2.17. The van der Waals surface area contributed by atoms with E-state index in [1.54, 1.807) is 0 Å². The molecule has 2 nitrogen and oxygen atoms in total. The second-order valence-corrected chi connectivity index (χ2v) is 5.42. The summed E-state index contributed by atoms with van der Waals surface area (Å²) in [5, 5.41) is 12.6. The van der Waals surface area contributed by atoms with Gasteiger partial charge in [-0.3, -0.25) is 0 Å². The van der Waals surface area contributed by atoms with Crippen molar-refractivity contribution in [3.63, 3.8) is 0 Å². The Morgan fingerprint density at radius 2 is 2.25 bits per heavy atom. The van der Waals surface area contributed by atoms with Crippen LogP contribution >= 0.6 is 11.8 Å². The van der Waals surface area contributed by atoms with Crippen molar-refractivity contribution in [2.75, 3.05) is 11.5 Å². The van der Waals surface area contributed by atoms with Gasteiger partial charge in [0.25, 0.3) is 0 Å². The molecule has 2 N–H and O–H groups in total. The topological polar surface area (TPSA) is 32.3 Å². The van der Waals surface area contributed by atoms with E-state index in [-0.39, 0.29) is 6.61 Å². The van der Waals surface area contributed by atoms with Crippen LogP contribution in [0.25, 0.3) is 0 Å². The molecular formula is C13H19NOS. The molecule has 1 fully saturated rings. The van der Waals surface area contributed by atoms with E-state index in [4.69, 9.17) is 5.11 Å². The lowest BCUT2D eigenvalue weighted by Gasteiger charge is -2.22. The smallest absolute Gasteiger partial charge is 0.0681 e. The molecule has 1 unspecified atom stereocenters. The summed E-state index contributed by atoms with van der Waals surface area (Å²) in [6, 6.07) is 8.82. The molecule has 1 saturated heterocycles. The number of rotatable bonds is 4. The van der Waals surface area contributed by atoms with Crippen LogP contribution in [0.4, 0.5) is 0 Å². The molecular weight excluding hydrogens is 218 g/mol. The third kappa shape index (κ3) is 3.51. The molecule has 0 aromatic heterocycles. The summed E-state index contributed by atoms with van der Waals surface area (Å²) in [6.07, 6.45) is 2.63. The van der Waals surface area contributed by atoms with Gasteiger partial charge in [-0.25, -0.2) is 0 Å². The van der Waals surface area contributed by atoms with Crippen molar-refractivity contribution in [1.29, 1.82) is 0 Å². The highest BCUT2D eigenvalue weighted by molar-refractivity contribution is 7.99. The first-order chi connectivity index (χ1) is 7.88. The van der Waals surface area contributed by atoms with Gasteiger partial charge >= 0.3 is 0 Å². The Hall–Kier alpha value is -0.510. The summed E-state index contributed by atoms with van der Waals surface area (Å²) in [6.45, 7) is 1.05. The number of nitrogens with one attached hydrogen (secondary N) is 1. The lowest BCUT2D eigenvalue weighted by molar-refractivity contribution is 0.281. The van der Waals surface area contributed by atoms with Gasteiger partial charge in [0.2, 0.25) is 0 Å². The maximum atomic E-state index is 9.06. The molecule has 0 bridgehead atoms. The molecule has 3 heteroatoms. The zero-order chi connectivity index (χ0) is 11.2. The molecule has 0 saturated carbocycles. The molecule has 0 spiro atoms. The summed E-state index contributed by atoms with van der Waals surface area (Å²) >= 11 is 2.04. The SMILES string of the molecule is OCc1cccc(CNC2CCCSC2)c1. The summed E-state index contributed by atoms with van der Waals surface area (Å²) in [5.74, 6) is 2.55. The van der Waals surface area contributed by atoms with Crippen molar-refractivity contribution in [3.8, 4) is 0 Å². The van der Waals surface area contributed by atoms with Gasteiger partial charge in [-0.15, -0.1) is 0 Å². The molecule has 1 aliphatic heterocycles. The highest BCUT2D eigenvalue weighted by Gasteiger charge is 2.12. The van der Waals surface area contributed by atoms with Crippen LogP contribution < -0.4 is 5.32 Å².